The Hall–Kier alpha value is -2.86. The number of imidazole rings is 2. The first-order valence-corrected chi connectivity index (χ1v) is 7.79. The Balaban J connectivity index is 1.83. The lowest BCUT2D eigenvalue weighted by atomic mass is 10.1. The SMILES string of the molecule is N/C=C(\C=O)c1cnc2c3ncn([C@@H]4O[C@H](CO)[C@@H](O)[C@H]4O)c3ncn12. The van der Waals surface area contributed by atoms with Gasteiger partial charge < -0.3 is 25.8 Å². The summed E-state index contributed by atoms with van der Waals surface area (Å²) in [6.07, 6.45) is 1.80. The van der Waals surface area contributed by atoms with Gasteiger partial charge in [0.25, 0.3) is 0 Å². The number of nitrogens with zero attached hydrogens (tertiary/aromatic N) is 5. The molecule has 4 atom stereocenters. The van der Waals surface area contributed by atoms with Crippen LogP contribution in [0.5, 0.6) is 0 Å². The highest BCUT2D eigenvalue weighted by atomic mass is 16.6. The second kappa shape index (κ2) is 6.14. The van der Waals surface area contributed by atoms with E-state index < -0.39 is 31.1 Å². The van der Waals surface area contributed by atoms with Crippen molar-refractivity contribution in [2.24, 2.45) is 5.73 Å². The number of aldehydes is 1. The first-order valence-electron chi connectivity index (χ1n) is 7.79. The fourth-order valence-corrected chi connectivity index (χ4v) is 3.10. The van der Waals surface area contributed by atoms with Crippen LogP contribution in [0.25, 0.3) is 22.4 Å². The molecule has 3 aromatic rings. The normalized spacial score (nSPS) is 26.8. The van der Waals surface area contributed by atoms with Crippen molar-refractivity contribution in [2.75, 3.05) is 6.61 Å². The van der Waals surface area contributed by atoms with Crippen LogP contribution in [-0.2, 0) is 9.53 Å². The molecule has 1 saturated heterocycles. The highest BCUT2D eigenvalue weighted by molar-refractivity contribution is 6.06. The van der Waals surface area contributed by atoms with Crippen molar-refractivity contribution in [1.82, 2.24) is 23.9 Å². The number of hydrogen-bond donors (Lipinski definition) is 4. The predicted octanol–water partition coefficient (Wildman–Crippen LogP) is -1.81. The second-order valence-electron chi connectivity index (χ2n) is 5.87. The minimum atomic E-state index is -1.25. The molecule has 1 aliphatic rings. The van der Waals surface area contributed by atoms with Gasteiger partial charge in [-0.3, -0.25) is 13.8 Å². The van der Waals surface area contributed by atoms with Crippen molar-refractivity contribution in [3.63, 3.8) is 0 Å². The zero-order chi connectivity index (χ0) is 18.4. The lowest BCUT2D eigenvalue weighted by molar-refractivity contribution is -0.103. The van der Waals surface area contributed by atoms with Gasteiger partial charge in [-0.15, -0.1) is 0 Å². The molecule has 4 rings (SSSR count). The molecule has 11 heteroatoms. The molecular weight excluding hydrogens is 344 g/mol. The number of allylic oxidation sites excluding steroid dienone is 1. The number of carbonyl (C=O) groups is 1. The number of carbonyl (C=O) groups excluding carboxylic acids is 1. The van der Waals surface area contributed by atoms with Crippen molar-refractivity contribution in [2.45, 2.75) is 24.5 Å². The Morgan fingerprint density at radius 2 is 2.04 bits per heavy atom. The first kappa shape index (κ1) is 16.6. The van der Waals surface area contributed by atoms with E-state index >= 15 is 0 Å². The molecule has 1 fully saturated rings. The maximum absolute atomic E-state index is 11.1. The van der Waals surface area contributed by atoms with Crippen LogP contribution in [-0.4, -0.2) is 70.4 Å². The lowest BCUT2D eigenvalue weighted by Gasteiger charge is -2.16. The summed E-state index contributed by atoms with van der Waals surface area (Å²) >= 11 is 0. The summed E-state index contributed by atoms with van der Waals surface area (Å²) in [5.74, 6) is 0. The van der Waals surface area contributed by atoms with Crippen molar-refractivity contribution in [3.05, 3.63) is 30.7 Å². The van der Waals surface area contributed by atoms with Crippen molar-refractivity contribution >= 4 is 28.7 Å². The maximum Gasteiger partial charge on any atom is 0.168 e. The number of hydrogen-bond acceptors (Lipinski definition) is 9. The van der Waals surface area contributed by atoms with E-state index in [-0.39, 0.29) is 5.57 Å². The Labute approximate surface area is 146 Å². The van der Waals surface area contributed by atoms with E-state index in [4.69, 9.17) is 10.5 Å². The smallest absolute Gasteiger partial charge is 0.168 e. The summed E-state index contributed by atoms with van der Waals surface area (Å²) in [4.78, 5) is 24.0. The highest BCUT2D eigenvalue weighted by Crippen LogP contribution is 2.32. The van der Waals surface area contributed by atoms with E-state index in [2.05, 4.69) is 15.0 Å². The summed E-state index contributed by atoms with van der Waals surface area (Å²) in [5, 5.41) is 29.4. The summed E-state index contributed by atoms with van der Waals surface area (Å²) in [6, 6.07) is 0. The van der Waals surface area contributed by atoms with Gasteiger partial charge in [-0.25, -0.2) is 15.0 Å². The monoisotopic (exact) mass is 360 g/mol. The van der Waals surface area contributed by atoms with Gasteiger partial charge in [0.15, 0.2) is 29.3 Å². The molecule has 0 spiro atoms. The van der Waals surface area contributed by atoms with E-state index in [1.165, 1.54) is 29.6 Å². The zero-order valence-corrected chi connectivity index (χ0v) is 13.4. The Morgan fingerprint density at radius 3 is 2.69 bits per heavy atom. The minimum Gasteiger partial charge on any atom is -0.404 e. The predicted molar refractivity (Wildman–Crippen MR) is 87.5 cm³/mol. The van der Waals surface area contributed by atoms with Crippen LogP contribution >= 0.6 is 0 Å². The molecule has 11 nitrogen and oxygen atoms in total. The summed E-state index contributed by atoms with van der Waals surface area (Å²) in [7, 11) is 0. The summed E-state index contributed by atoms with van der Waals surface area (Å²) in [5.41, 5.74) is 7.40. The highest BCUT2D eigenvalue weighted by Gasteiger charge is 2.44. The van der Waals surface area contributed by atoms with Gasteiger partial charge in [0.2, 0.25) is 0 Å². The minimum absolute atomic E-state index is 0.251. The number of ether oxygens (including phenoxy) is 1. The van der Waals surface area contributed by atoms with Gasteiger partial charge in [-0.2, -0.15) is 0 Å². The Morgan fingerprint density at radius 1 is 1.23 bits per heavy atom. The summed E-state index contributed by atoms with van der Waals surface area (Å²) in [6.45, 7) is -0.428. The van der Waals surface area contributed by atoms with Crippen LogP contribution in [0, 0.1) is 0 Å². The van der Waals surface area contributed by atoms with Gasteiger partial charge in [0.1, 0.15) is 24.6 Å². The van der Waals surface area contributed by atoms with Crippen LogP contribution in [0.4, 0.5) is 0 Å². The third-order valence-electron chi connectivity index (χ3n) is 4.47. The quantitative estimate of drug-likeness (QED) is 0.310. The van der Waals surface area contributed by atoms with Crippen molar-refractivity contribution in [1.29, 1.82) is 0 Å². The molecule has 0 saturated carbocycles. The molecule has 0 aromatic carbocycles. The van der Waals surface area contributed by atoms with Gasteiger partial charge in [0, 0.05) is 6.20 Å². The molecule has 3 aromatic heterocycles. The number of aromatic nitrogens is 5. The van der Waals surface area contributed by atoms with Crippen LogP contribution in [0.2, 0.25) is 0 Å². The topological polar surface area (TPSA) is 161 Å². The van der Waals surface area contributed by atoms with Crippen LogP contribution in [0.3, 0.4) is 0 Å². The average Bonchev–Trinajstić information content (AvgIpc) is 3.33. The molecule has 0 radical (unpaired) electrons. The maximum atomic E-state index is 11.1. The Bertz CT molecular complexity index is 1010. The van der Waals surface area contributed by atoms with Crippen molar-refractivity contribution < 1.29 is 24.9 Å². The third-order valence-corrected chi connectivity index (χ3v) is 4.47. The number of aliphatic hydroxyl groups excluding tert-OH is 3. The first-order chi connectivity index (χ1) is 12.6. The van der Waals surface area contributed by atoms with Crippen LogP contribution in [0.1, 0.15) is 11.9 Å². The zero-order valence-electron chi connectivity index (χ0n) is 13.4. The van der Waals surface area contributed by atoms with E-state index in [1.54, 1.807) is 4.40 Å². The molecule has 1 aliphatic heterocycles. The molecule has 0 unspecified atom stereocenters. The number of fused-ring (bicyclic) bond motifs is 3. The fraction of sp³-hybridized carbons (Fsp3) is 0.333. The average molecular weight is 360 g/mol. The van der Waals surface area contributed by atoms with Gasteiger partial charge in [-0.05, 0) is 0 Å². The lowest BCUT2D eigenvalue weighted by Crippen LogP contribution is -2.33. The third kappa shape index (κ3) is 2.22. The van der Waals surface area contributed by atoms with Crippen LogP contribution < -0.4 is 5.73 Å². The van der Waals surface area contributed by atoms with Gasteiger partial charge in [0.05, 0.1) is 30.4 Å². The molecular formula is C15H16N6O5. The molecule has 4 heterocycles. The summed E-state index contributed by atoms with van der Waals surface area (Å²) < 4.78 is 8.55. The number of rotatable bonds is 4. The van der Waals surface area contributed by atoms with Crippen molar-refractivity contribution in [3.8, 4) is 0 Å². The second-order valence-corrected chi connectivity index (χ2v) is 5.87. The number of nitrogens with two attached hydrogens (primary N) is 1. The van der Waals surface area contributed by atoms with E-state index in [0.717, 1.165) is 0 Å². The van der Waals surface area contributed by atoms with Gasteiger partial charge in [-0.1, -0.05) is 0 Å². The van der Waals surface area contributed by atoms with E-state index in [9.17, 15) is 20.1 Å². The molecule has 0 amide bonds. The molecule has 0 aliphatic carbocycles. The van der Waals surface area contributed by atoms with Gasteiger partial charge >= 0.3 is 0 Å². The Kier molecular flexibility index (Phi) is 3.92. The standard InChI is InChI=1S/C15H16N6O5/c16-1-7(3-22)8-2-17-13-10-14(19-6-20(8)13)21(5-18-10)15-12(25)11(24)9(4-23)26-15/h1-3,5-6,9,11-12,15,23-25H,4,16H2/b7-1+/t9-,11-,12-,15-/m1/s1. The van der Waals surface area contributed by atoms with E-state index in [0.29, 0.717) is 28.8 Å². The molecule has 26 heavy (non-hydrogen) atoms. The molecule has 5 N–H and O–H groups in total. The molecule has 136 valence electrons. The molecule has 0 bridgehead atoms. The fourth-order valence-electron chi connectivity index (χ4n) is 3.10. The van der Waals surface area contributed by atoms with E-state index in [1.807, 2.05) is 0 Å². The number of aliphatic hydroxyl groups is 3. The van der Waals surface area contributed by atoms with Crippen LogP contribution in [0.15, 0.2) is 25.1 Å². The largest absolute Gasteiger partial charge is 0.404 e.